The Balaban J connectivity index is 2.75. The van der Waals surface area contributed by atoms with Crippen LogP contribution >= 0.6 is 12.6 Å². The zero-order valence-corrected chi connectivity index (χ0v) is 5.54. The van der Waals surface area contributed by atoms with Gasteiger partial charge < -0.3 is 0 Å². The van der Waals surface area contributed by atoms with Crippen LogP contribution in [0.25, 0.3) is 0 Å². The first kappa shape index (κ1) is 6.81. The second kappa shape index (κ2) is 2.52. The molecule has 1 atom stereocenters. The van der Waals surface area contributed by atoms with E-state index >= 15 is 0 Å². The van der Waals surface area contributed by atoms with Crippen molar-refractivity contribution in [2.24, 2.45) is 0 Å². The van der Waals surface area contributed by atoms with E-state index in [0.717, 1.165) is 0 Å². The number of halogens is 2. The van der Waals surface area contributed by atoms with Gasteiger partial charge in [-0.1, -0.05) is 0 Å². The van der Waals surface area contributed by atoms with Crippen LogP contribution in [-0.2, 0) is 0 Å². The molecule has 0 aromatic heterocycles. The predicted molar refractivity (Wildman–Crippen MR) is 35.8 cm³/mol. The minimum Gasteiger partial charge on any atom is -0.243 e. The fourth-order valence-corrected chi connectivity index (χ4v) is 0.893. The van der Waals surface area contributed by atoms with Gasteiger partial charge in [-0.3, -0.25) is 0 Å². The van der Waals surface area contributed by atoms with Gasteiger partial charge in [0.2, 0.25) is 0 Å². The van der Waals surface area contributed by atoms with Gasteiger partial charge in [0.1, 0.15) is 12.0 Å². The summed E-state index contributed by atoms with van der Waals surface area (Å²) >= 11 is 3.69. The highest BCUT2D eigenvalue weighted by Crippen LogP contribution is 2.23. The summed E-state index contributed by atoms with van der Waals surface area (Å²) in [5.74, 6) is -0.424. The van der Waals surface area contributed by atoms with Crippen molar-refractivity contribution < 1.29 is 8.78 Å². The molecule has 0 saturated carbocycles. The average molecular weight is 148 g/mol. The molecular formula is C6H6F2S. The number of hydrogen-bond acceptors (Lipinski definition) is 1. The Morgan fingerprint density at radius 2 is 2.33 bits per heavy atom. The molecule has 1 aliphatic rings. The van der Waals surface area contributed by atoms with Gasteiger partial charge in [0.25, 0.3) is 0 Å². The molecule has 0 radical (unpaired) electrons. The normalized spacial score (nSPS) is 27.2. The van der Waals surface area contributed by atoms with E-state index in [1.165, 1.54) is 12.2 Å². The molecule has 9 heavy (non-hydrogen) atoms. The molecule has 0 nitrogen and oxygen atoms in total. The molecular weight excluding hydrogens is 142 g/mol. The lowest BCUT2D eigenvalue weighted by Crippen LogP contribution is -1.98. The molecule has 0 fully saturated rings. The molecule has 50 valence electrons. The maximum Gasteiger partial charge on any atom is 0.132 e. The standard InChI is InChI=1S/C6H6F2S/c7-4-1-2-5(8)6(9)3-4/h2-4,9H,1H2. The Morgan fingerprint density at radius 1 is 1.67 bits per heavy atom. The molecule has 0 spiro atoms. The highest BCUT2D eigenvalue weighted by molar-refractivity contribution is 7.84. The molecule has 0 heterocycles. The largest absolute Gasteiger partial charge is 0.243 e. The van der Waals surface area contributed by atoms with Gasteiger partial charge in [0.15, 0.2) is 0 Å². The lowest BCUT2D eigenvalue weighted by Gasteiger charge is -2.06. The van der Waals surface area contributed by atoms with Gasteiger partial charge in [-0.2, -0.15) is 0 Å². The number of alkyl halides is 1. The van der Waals surface area contributed by atoms with Crippen molar-refractivity contribution in [1.29, 1.82) is 0 Å². The van der Waals surface area contributed by atoms with Crippen LogP contribution in [0, 0.1) is 0 Å². The molecule has 0 amide bonds. The molecule has 0 aliphatic heterocycles. The van der Waals surface area contributed by atoms with Crippen LogP contribution in [0.4, 0.5) is 8.78 Å². The SMILES string of the molecule is FC1=CCC(F)C=C1S. The summed E-state index contributed by atoms with van der Waals surface area (Å²) < 4.78 is 24.6. The third-order valence-corrected chi connectivity index (χ3v) is 1.47. The third-order valence-electron chi connectivity index (χ3n) is 1.11. The minimum absolute atomic E-state index is 0.105. The first-order valence-electron chi connectivity index (χ1n) is 2.61. The Hall–Kier alpha value is -0.310. The minimum atomic E-state index is -1.06. The van der Waals surface area contributed by atoms with E-state index < -0.39 is 12.0 Å². The van der Waals surface area contributed by atoms with Crippen LogP contribution in [0.1, 0.15) is 6.42 Å². The second-order valence-electron chi connectivity index (χ2n) is 1.86. The molecule has 1 unspecified atom stereocenters. The first-order chi connectivity index (χ1) is 4.20. The molecule has 0 saturated heterocycles. The Kier molecular flexibility index (Phi) is 1.90. The number of rotatable bonds is 0. The van der Waals surface area contributed by atoms with E-state index in [1.54, 1.807) is 0 Å². The van der Waals surface area contributed by atoms with Crippen molar-refractivity contribution in [2.75, 3.05) is 0 Å². The van der Waals surface area contributed by atoms with Crippen molar-refractivity contribution in [1.82, 2.24) is 0 Å². The lowest BCUT2D eigenvalue weighted by atomic mass is 10.1. The topological polar surface area (TPSA) is 0 Å². The van der Waals surface area contributed by atoms with Crippen molar-refractivity contribution in [2.45, 2.75) is 12.6 Å². The van der Waals surface area contributed by atoms with E-state index in [9.17, 15) is 8.78 Å². The second-order valence-corrected chi connectivity index (χ2v) is 2.34. The summed E-state index contributed by atoms with van der Waals surface area (Å²) in [7, 11) is 0. The van der Waals surface area contributed by atoms with E-state index in [4.69, 9.17) is 0 Å². The van der Waals surface area contributed by atoms with Crippen molar-refractivity contribution in [3.8, 4) is 0 Å². The van der Waals surface area contributed by atoms with Crippen molar-refractivity contribution >= 4 is 12.6 Å². The monoisotopic (exact) mass is 148 g/mol. The average Bonchev–Trinajstić information content (AvgIpc) is 1.80. The summed E-state index contributed by atoms with van der Waals surface area (Å²) in [6.45, 7) is 0. The highest BCUT2D eigenvalue weighted by atomic mass is 32.1. The molecule has 0 bridgehead atoms. The van der Waals surface area contributed by atoms with E-state index in [-0.39, 0.29) is 11.3 Å². The van der Waals surface area contributed by atoms with E-state index in [2.05, 4.69) is 12.6 Å². The van der Waals surface area contributed by atoms with Gasteiger partial charge in [0, 0.05) is 11.3 Å². The van der Waals surface area contributed by atoms with Crippen LogP contribution in [0.15, 0.2) is 22.9 Å². The van der Waals surface area contributed by atoms with Gasteiger partial charge in [-0.15, -0.1) is 12.6 Å². The van der Waals surface area contributed by atoms with Crippen LogP contribution in [0.3, 0.4) is 0 Å². The van der Waals surface area contributed by atoms with Crippen LogP contribution < -0.4 is 0 Å². The van der Waals surface area contributed by atoms with Crippen molar-refractivity contribution in [3.63, 3.8) is 0 Å². The summed E-state index contributed by atoms with van der Waals surface area (Å²) in [6, 6.07) is 0. The maximum absolute atomic E-state index is 12.3. The quantitative estimate of drug-likeness (QED) is 0.501. The lowest BCUT2D eigenvalue weighted by molar-refractivity contribution is 0.395. The molecule has 3 heteroatoms. The van der Waals surface area contributed by atoms with Gasteiger partial charge in [-0.25, -0.2) is 8.78 Å². The highest BCUT2D eigenvalue weighted by Gasteiger charge is 2.10. The summed E-state index contributed by atoms with van der Waals surface area (Å²) in [5.41, 5.74) is 0. The summed E-state index contributed by atoms with van der Waals surface area (Å²) in [6.07, 6.45) is 1.44. The van der Waals surface area contributed by atoms with Gasteiger partial charge >= 0.3 is 0 Å². The fourth-order valence-electron chi connectivity index (χ4n) is 0.640. The molecule has 1 aliphatic carbocycles. The Labute approximate surface area is 57.7 Å². The smallest absolute Gasteiger partial charge is 0.132 e. The van der Waals surface area contributed by atoms with E-state index in [0.29, 0.717) is 0 Å². The zero-order valence-electron chi connectivity index (χ0n) is 4.64. The Morgan fingerprint density at radius 3 is 2.78 bits per heavy atom. The number of allylic oxidation sites excluding steroid dienone is 3. The maximum atomic E-state index is 12.3. The number of thiol groups is 1. The van der Waals surface area contributed by atoms with Crippen LogP contribution in [0.2, 0.25) is 0 Å². The molecule has 0 aromatic carbocycles. The van der Waals surface area contributed by atoms with Crippen molar-refractivity contribution in [3.05, 3.63) is 22.9 Å². The predicted octanol–water partition coefficient (Wildman–Crippen LogP) is 2.40. The molecule has 1 rings (SSSR count). The fraction of sp³-hybridized carbons (Fsp3) is 0.333. The molecule has 0 N–H and O–H groups in total. The van der Waals surface area contributed by atoms with Gasteiger partial charge in [-0.05, 0) is 12.2 Å². The summed E-state index contributed by atoms with van der Waals surface area (Å²) in [4.78, 5) is 0.105. The van der Waals surface area contributed by atoms with Gasteiger partial charge in [0.05, 0.1) is 0 Å². The third kappa shape index (κ3) is 1.55. The van der Waals surface area contributed by atoms with E-state index in [1.807, 2.05) is 0 Å². The Bertz CT molecular complexity index is 172. The number of hydrogen-bond donors (Lipinski definition) is 1. The van der Waals surface area contributed by atoms with Crippen LogP contribution in [0.5, 0.6) is 0 Å². The first-order valence-corrected chi connectivity index (χ1v) is 3.06. The van der Waals surface area contributed by atoms with Crippen LogP contribution in [-0.4, -0.2) is 6.17 Å². The summed E-state index contributed by atoms with van der Waals surface area (Å²) in [5, 5.41) is 0. The zero-order chi connectivity index (χ0) is 6.85. The molecule has 0 aromatic rings.